The molecule has 0 fully saturated rings. The van der Waals surface area contributed by atoms with Gasteiger partial charge in [0.2, 0.25) is 0 Å². The van der Waals surface area contributed by atoms with Crippen LogP contribution in [0.2, 0.25) is 0 Å². The molecule has 0 aliphatic heterocycles. The zero-order valence-electron chi connectivity index (χ0n) is 15.1. The molecule has 0 aromatic heterocycles. The van der Waals surface area contributed by atoms with E-state index in [9.17, 15) is 9.59 Å². The van der Waals surface area contributed by atoms with Crippen LogP contribution in [0.5, 0.6) is 0 Å². The molecule has 1 rings (SSSR count). The van der Waals surface area contributed by atoms with Crippen LogP contribution in [-0.2, 0) is 35.0 Å². The van der Waals surface area contributed by atoms with E-state index in [1.807, 2.05) is 30.3 Å². The summed E-state index contributed by atoms with van der Waals surface area (Å²) < 4.78 is 19.9. The van der Waals surface area contributed by atoms with Gasteiger partial charge in [0.1, 0.15) is 0 Å². The van der Waals surface area contributed by atoms with Crippen molar-refractivity contribution < 1.29 is 28.5 Å². The van der Waals surface area contributed by atoms with Gasteiger partial charge in [-0.1, -0.05) is 49.1 Å². The molecule has 0 amide bonds. The van der Waals surface area contributed by atoms with Gasteiger partial charge >= 0.3 is 11.9 Å². The van der Waals surface area contributed by atoms with Crippen molar-refractivity contribution in [1.29, 1.82) is 0 Å². The van der Waals surface area contributed by atoms with E-state index in [-0.39, 0.29) is 32.6 Å². The first kappa shape index (κ1) is 21.3. The highest BCUT2D eigenvalue weighted by molar-refractivity contribution is 5.91. The minimum absolute atomic E-state index is 0.124. The summed E-state index contributed by atoms with van der Waals surface area (Å²) in [7, 11) is 1.43. The third kappa shape index (κ3) is 8.41. The first-order valence-corrected chi connectivity index (χ1v) is 8.03. The Kier molecular flexibility index (Phi) is 10.4. The van der Waals surface area contributed by atoms with Gasteiger partial charge in [0, 0.05) is 7.11 Å². The monoisotopic (exact) mass is 360 g/mol. The van der Waals surface area contributed by atoms with E-state index in [1.165, 1.54) is 7.11 Å². The van der Waals surface area contributed by atoms with Gasteiger partial charge < -0.3 is 18.9 Å². The largest absolute Gasteiger partial charge is 0.438 e. The Bertz CT molecular complexity index is 646. The Morgan fingerprint density at radius 2 is 1.85 bits per heavy atom. The van der Waals surface area contributed by atoms with E-state index in [0.29, 0.717) is 11.1 Å². The number of hydrogen-bond donors (Lipinski definition) is 0. The zero-order valence-corrected chi connectivity index (χ0v) is 15.1. The summed E-state index contributed by atoms with van der Waals surface area (Å²) in [4.78, 5) is 23.5. The Labute approximate surface area is 153 Å². The molecule has 0 N–H and O–H groups in total. The van der Waals surface area contributed by atoms with Crippen molar-refractivity contribution in [3.8, 4) is 0 Å². The van der Waals surface area contributed by atoms with E-state index >= 15 is 0 Å². The molecule has 0 radical (unpaired) electrons. The Morgan fingerprint density at radius 1 is 1.12 bits per heavy atom. The van der Waals surface area contributed by atoms with Crippen molar-refractivity contribution in [3.05, 3.63) is 71.8 Å². The lowest BCUT2D eigenvalue weighted by Crippen LogP contribution is -2.12. The summed E-state index contributed by atoms with van der Waals surface area (Å²) in [6, 6.07) is 9.29. The molecule has 0 aliphatic rings. The number of allylic oxidation sites excluding steroid dienone is 1. The van der Waals surface area contributed by atoms with Crippen LogP contribution in [0.15, 0.2) is 66.3 Å². The van der Waals surface area contributed by atoms with Gasteiger partial charge in [0.05, 0.1) is 18.6 Å². The molecule has 0 atom stereocenters. The summed E-state index contributed by atoms with van der Waals surface area (Å²) in [5.41, 5.74) is 1.87. The van der Waals surface area contributed by atoms with Crippen molar-refractivity contribution >= 4 is 11.9 Å². The predicted octanol–water partition coefficient (Wildman–Crippen LogP) is 2.95. The third-order valence-corrected chi connectivity index (χ3v) is 3.22. The molecular weight excluding hydrogens is 336 g/mol. The van der Waals surface area contributed by atoms with Gasteiger partial charge in [0.25, 0.3) is 0 Å². The quantitative estimate of drug-likeness (QED) is 0.199. The fourth-order valence-corrected chi connectivity index (χ4v) is 1.90. The second-order valence-corrected chi connectivity index (χ2v) is 5.15. The molecule has 1 aromatic rings. The number of rotatable bonds is 11. The molecule has 0 bridgehead atoms. The fourth-order valence-electron chi connectivity index (χ4n) is 1.90. The van der Waals surface area contributed by atoms with Crippen LogP contribution in [0.3, 0.4) is 0 Å². The minimum atomic E-state index is -0.511. The van der Waals surface area contributed by atoms with Crippen LogP contribution in [-0.4, -0.2) is 39.2 Å². The molecule has 1 aromatic carbocycles. The Hall–Kier alpha value is -2.70. The van der Waals surface area contributed by atoms with E-state index in [2.05, 4.69) is 6.58 Å². The molecule has 0 unspecified atom stereocenters. The molecule has 6 heteroatoms. The topological polar surface area (TPSA) is 71.1 Å². The molecule has 0 aliphatic carbocycles. The van der Waals surface area contributed by atoms with Crippen molar-refractivity contribution in [1.82, 2.24) is 0 Å². The van der Waals surface area contributed by atoms with Crippen molar-refractivity contribution in [2.75, 3.05) is 27.3 Å². The third-order valence-electron chi connectivity index (χ3n) is 3.22. The van der Waals surface area contributed by atoms with Crippen molar-refractivity contribution in [2.45, 2.75) is 13.3 Å². The first-order valence-electron chi connectivity index (χ1n) is 8.03. The fraction of sp³-hybridized carbons (Fsp3) is 0.300. The van der Waals surface area contributed by atoms with Crippen LogP contribution in [0.25, 0.3) is 0 Å². The molecule has 0 saturated heterocycles. The SMILES string of the molecule is C=C/C(=C\C(=C/C)C(=O)OCOC)COCOC(=O)Cc1ccccc1. The summed E-state index contributed by atoms with van der Waals surface area (Å²) in [5.74, 6) is -0.888. The van der Waals surface area contributed by atoms with Crippen molar-refractivity contribution in [3.63, 3.8) is 0 Å². The van der Waals surface area contributed by atoms with Gasteiger partial charge in [-0.15, -0.1) is 0 Å². The summed E-state index contributed by atoms with van der Waals surface area (Å²) in [6.45, 7) is 5.22. The minimum Gasteiger partial charge on any atom is -0.438 e. The predicted molar refractivity (Wildman–Crippen MR) is 97.1 cm³/mol. The van der Waals surface area contributed by atoms with E-state index < -0.39 is 5.97 Å². The van der Waals surface area contributed by atoms with Gasteiger partial charge in [-0.3, -0.25) is 4.79 Å². The molecule has 0 heterocycles. The molecule has 0 saturated carbocycles. The van der Waals surface area contributed by atoms with Crippen LogP contribution in [0, 0.1) is 0 Å². The maximum Gasteiger partial charge on any atom is 0.339 e. The van der Waals surface area contributed by atoms with Gasteiger partial charge in [0.15, 0.2) is 13.6 Å². The number of carbonyl (C=O) groups is 2. The zero-order chi connectivity index (χ0) is 19.2. The average molecular weight is 360 g/mol. The summed E-state index contributed by atoms with van der Waals surface area (Å²) >= 11 is 0. The molecule has 26 heavy (non-hydrogen) atoms. The van der Waals surface area contributed by atoms with Crippen LogP contribution >= 0.6 is 0 Å². The molecule has 0 spiro atoms. The maximum atomic E-state index is 11.8. The number of carbonyl (C=O) groups excluding carboxylic acids is 2. The van der Waals surface area contributed by atoms with Gasteiger partial charge in [-0.05, 0) is 24.1 Å². The van der Waals surface area contributed by atoms with E-state index in [0.717, 1.165) is 5.56 Å². The maximum absolute atomic E-state index is 11.8. The Morgan fingerprint density at radius 3 is 2.46 bits per heavy atom. The average Bonchev–Trinajstić information content (AvgIpc) is 2.66. The number of benzene rings is 1. The highest BCUT2D eigenvalue weighted by Gasteiger charge is 2.09. The van der Waals surface area contributed by atoms with Crippen molar-refractivity contribution in [2.24, 2.45) is 0 Å². The van der Waals surface area contributed by atoms with Gasteiger partial charge in [-0.2, -0.15) is 0 Å². The molecular formula is C20H24O6. The lowest BCUT2D eigenvalue weighted by molar-refractivity contribution is -0.154. The van der Waals surface area contributed by atoms with Gasteiger partial charge in [-0.25, -0.2) is 4.79 Å². The Balaban J connectivity index is 2.42. The smallest absolute Gasteiger partial charge is 0.339 e. The standard InChI is InChI=1S/C20H24O6/c1-4-16(11-18(5-2)20(22)26-14-23-3)13-24-15-25-19(21)12-17-9-7-6-8-10-17/h4-11H,1,12-15H2,2-3H3/b16-11+,18-5+. The first-order chi connectivity index (χ1) is 12.6. The van der Waals surface area contributed by atoms with Crippen LogP contribution < -0.4 is 0 Å². The van der Waals surface area contributed by atoms with E-state index in [1.54, 1.807) is 25.2 Å². The number of ether oxygens (including phenoxy) is 4. The highest BCUT2D eigenvalue weighted by atomic mass is 16.7. The normalized spacial score (nSPS) is 11.8. The number of methoxy groups -OCH3 is 1. The number of esters is 2. The lowest BCUT2D eigenvalue weighted by atomic mass is 10.1. The lowest BCUT2D eigenvalue weighted by Gasteiger charge is -2.08. The second kappa shape index (κ2) is 12.6. The molecule has 6 nitrogen and oxygen atoms in total. The second-order valence-electron chi connectivity index (χ2n) is 5.15. The van der Waals surface area contributed by atoms with Crippen LogP contribution in [0.1, 0.15) is 12.5 Å². The summed E-state index contributed by atoms with van der Waals surface area (Å²) in [6.07, 6.45) is 4.94. The highest BCUT2D eigenvalue weighted by Crippen LogP contribution is 2.08. The van der Waals surface area contributed by atoms with E-state index in [4.69, 9.17) is 18.9 Å². The van der Waals surface area contributed by atoms with Crippen LogP contribution in [0.4, 0.5) is 0 Å². The summed E-state index contributed by atoms with van der Waals surface area (Å²) in [5, 5.41) is 0. The number of hydrogen-bond acceptors (Lipinski definition) is 6. The molecule has 140 valence electrons.